The number of hydrogen-bond acceptors (Lipinski definition) is 2. The number of fused-ring (bicyclic) bond motifs is 1. The van der Waals surface area contributed by atoms with Gasteiger partial charge in [-0.25, -0.2) is 0 Å². The van der Waals surface area contributed by atoms with Crippen molar-refractivity contribution in [2.75, 3.05) is 6.61 Å². The van der Waals surface area contributed by atoms with E-state index in [0.29, 0.717) is 0 Å². The molecule has 1 aromatic carbocycles. The second kappa shape index (κ2) is 4.47. The van der Waals surface area contributed by atoms with Crippen LogP contribution in [0.3, 0.4) is 0 Å². The summed E-state index contributed by atoms with van der Waals surface area (Å²) in [6.07, 6.45) is 2.31. The fourth-order valence-corrected chi connectivity index (χ4v) is 2.14. The summed E-state index contributed by atoms with van der Waals surface area (Å²) in [6.45, 7) is 3.00. The van der Waals surface area contributed by atoms with E-state index in [1.165, 1.54) is 16.5 Å². The largest absolute Gasteiger partial charge is 0.494 e. The van der Waals surface area contributed by atoms with Gasteiger partial charge in [0.15, 0.2) is 0 Å². The van der Waals surface area contributed by atoms with E-state index in [1.807, 2.05) is 0 Å². The molecule has 2 aromatic rings. The van der Waals surface area contributed by atoms with Gasteiger partial charge in [-0.1, -0.05) is 13.3 Å². The minimum Gasteiger partial charge on any atom is -0.494 e. The summed E-state index contributed by atoms with van der Waals surface area (Å²) < 4.78 is 6.96. The number of thiophene rings is 1. The molecule has 2 heteroatoms. The Morgan fingerprint density at radius 3 is 3.07 bits per heavy atom. The van der Waals surface area contributed by atoms with E-state index >= 15 is 0 Å². The Bertz CT molecular complexity index is 405. The maximum Gasteiger partial charge on any atom is 0.119 e. The van der Waals surface area contributed by atoms with Gasteiger partial charge in [-0.2, -0.15) is 0 Å². The molecule has 1 aromatic heterocycles. The van der Waals surface area contributed by atoms with E-state index in [1.54, 1.807) is 11.3 Å². The quantitative estimate of drug-likeness (QED) is 0.685. The highest BCUT2D eigenvalue weighted by Crippen LogP contribution is 2.25. The number of unbranched alkanes of at least 4 members (excludes halogenated alkanes) is 1. The molecule has 74 valence electrons. The average Bonchev–Trinajstić information content (AvgIpc) is 2.65. The van der Waals surface area contributed by atoms with E-state index in [2.05, 4.69) is 36.6 Å². The van der Waals surface area contributed by atoms with Crippen LogP contribution in [0.15, 0.2) is 29.6 Å². The molecule has 0 saturated carbocycles. The molecule has 0 spiro atoms. The predicted molar refractivity (Wildman–Crippen MR) is 62.2 cm³/mol. The Hall–Kier alpha value is -1.02. The average molecular weight is 206 g/mol. The zero-order valence-corrected chi connectivity index (χ0v) is 9.14. The zero-order valence-electron chi connectivity index (χ0n) is 8.32. The Labute approximate surface area is 88.3 Å². The van der Waals surface area contributed by atoms with Gasteiger partial charge in [0, 0.05) is 4.70 Å². The lowest BCUT2D eigenvalue weighted by molar-refractivity contribution is 0.310. The molecule has 0 unspecified atom stereocenters. The third kappa shape index (κ3) is 2.07. The molecule has 0 radical (unpaired) electrons. The Kier molecular flexibility index (Phi) is 3.04. The van der Waals surface area contributed by atoms with Crippen molar-refractivity contribution in [2.45, 2.75) is 19.8 Å². The van der Waals surface area contributed by atoms with Gasteiger partial charge in [-0.15, -0.1) is 11.3 Å². The highest BCUT2D eigenvalue weighted by Gasteiger charge is 1.97. The fourth-order valence-electron chi connectivity index (χ4n) is 1.37. The van der Waals surface area contributed by atoms with Crippen LogP contribution >= 0.6 is 11.3 Å². The van der Waals surface area contributed by atoms with Crippen molar-refractivity contribution in [3.63, 3.8) is 0 Å². The van der Waals surface area contributed by atoms with Crippen LogP contribution in [0.5, 0.6) is 5.75 Å². The lowest BCUT2D eigenvalue weighted by Crippen LogP contribution is -1.95. The normalized spacial score (nSPS) is 10.6. The standard InChI is InChI=1S/C12H14OS/c1-2-3-7-13-11-4-5-12-10(9-11)6-8-14-12/h4-6,8-9H,2-3,7H2,1H3. The van der Waals surface area contributed by atoms with Crippen molar-refractivity contribution in [1.29, 1.82) is 0 Å². The van der Waals surface area contributed by atoms with Gasteiger partial charge < -0.3 is 4.74 Å². The minimum absolute atomic E-state index is 0.826. The summed E-state index contributed by atoms with van der Waals surface area (Å²) in [7, 11) is 0. The Morgan fingerprint density at radius 1 is 1.29 bits per heavy atom. The van der Waals surface area contributed by atoms with Crippen molar-refractivity contribution in [3.8, 4) is 5.75 Å². The first-order chi connectivity index (χ1) is 6.90. The molecule has 14 heavy (non-hydrogen) atoms. The molecule has 0 saturated heterocycles. The van der Waals surface area contributed by atoms with Crippen molar-refractivity contribution in [3.05, 3.63) is 29.6 Å². The summed E-state index contributed by atoms with van der Waals surface area (Å²) >= 11 is 1.77. The lowest BCUT2D eigenvalue weighted by atomic mass is 10.2. The molecule has 0 aliphatic rings. The minimum atomic E-state index is 0.826. The van der Waals surface area contributed by atoms with Crippen LogP contribution in [0.2, 0.25) is 0 Å². The summed E-state index contributed by atoms with van der Waals surface area (Å²) in [6, 6.07) is 8.42. The first-order valence-corrected chi connectivity index (χ1v) is 5.88. The summed E-state index contributed by atoms with van der Waals surface area (Å²) in [5.74, 6) is 0.990. The number of benzene rings is 1. The van der Waals surface area contributed by atoms with Crippen LogP contribution in [0.1, 0.15) is 19.8 Å². The molecular formula is C12H14OS. The summed E-state index contributed by atoms with van der Waals surface area (Å²) in [5, 5.41) is 3.39. The monoisotopic (exact) mass is 206 g/mol. The van der Waals surface area contributed by atoms with E-state index in [-0.39, 0.29) is 0 Å². The fraction of sp³-hybridized carbons (Fsp3) is 0.333. The van der Waals surface area contributed by atoms with Crippen LogP contribution in [-0.4, -0.2) is 6.61 Å². The second-order valence-electron chi connectivity index (χ2n) is 3.32. The molecule has 2 rings (SSSR count). The molecule has 0 fully saturated rings. The topological polar surface area (TPSA) is 9.23 Å². The maximum absolute atomic E-state index is 5.63. The maximum atomic E-state index is 5.63. The van der Waals surface area contributed by atoms with Crippen molar-refractivity contribution >= 4 is 21.4 Å². The van der Waals surface area contributed by atoms with Crippen LogP contribution in [0, 0.1) is 0 Å². The highest BCUT2D eigenvalue weighted by atomic mass is 32.1. The van der Waals surface area contributed by atoms with Gasteiger partial charge in [0.25, 0.3) is 0 Å². The highest BCUT2D eigenvalue weighted by molar-refractivity contribution is 7.17. The van der Waals surface area contributed by atoms with Gasteiger partial charge in [-0.3, -0.25) is 0 Å². The molecule has 0 amide bonds. The Balaban J connectivity index is 2.10. The molecule has 1 nitrogen and oxygen atoms in total. The Morgan fingerprint density at radius 2 is 2.21 bits per heavy atom. The van der Waals surface area contributed by atoms with E-state index in [4.69, 9.17) is 4.74 Å². The molecule has 0 N–H and O–H groups in total. The smallest absolute Gasteiger partial charge is 0.119 e. The van der Waals surface area contributed by atoms with Crippen LogP contribution < -0.4 is 4.74 Å². The third-order valence-corrected chi connectivity index (χ3v) is 3.09. The van der Waals surface area contributed by atoms with Gasteiger partial charge in [0.2, 0.25) is 0 Å². The molecule has 0 aliphatic heterocycles. The molecule has 0 bridgehead atoms. The summed E-state index contributed by atoms with van der Waals surface area (Å²) in [5.41, 5.74) is 0. The summed E-state index contributed by atoms with van der Waals surface area (Å²) in [4.78, 5) is 0. The van der Waals surface area contributed by atoms with Crippen molar-refractivity contribution in [1.82, 2.24) is 0 Å². The van der Waals surface area contributed by atoms with Crippen molar-refractivity contribution < 1.29 is 4.74 Å². The van der Waals surface area contributed by atoms with Gasteiger partial charge >= 0.3 is 0 Å². The van der Waals surface area contributed by atoms with E-state index in [0.717, 1.165) is 18.8 Å². The number of rotatable bonds is 4. The van der Waals surface area contributed by atoms with Crippen molar-refractivity contribution in [2.24, 2.45) is 0 Å². The molecule has 0 atom stereocenters. The predicted octanol–water partition coefficient (Wildman–Crippen LogP) is 4.08. The molecule has 1 heterocycles. The molecular weight excluding hydrogens is 192 g/mol. The second-order valence-corrected chi connectivity index (χ2v) is 4.27. The SMILES string of the molecule is CCCCOc1ccc2sccc2c1. The van der Waals surface area contributed by atoms with Gasteiger partial charge in [0.05, 0.1) is 6.61 Å². The van der Waals surface area contributed by atoms with Crippen LogP contribution in [-0.2, 0) is 0 Å². The van der Waals surface area contributed by atoms with Gasteiger partial charge in [0.1, 0.15) is 5.75 Å². The van der Waals surface area contributed by atoms with E-state index < -0.39 is 0 Å². The van der Waals surface area contributed by atoms with Crippen LogP contribution in [0.25, 0.3) is 10.1 Å². The number of ether oxygens (including phenoxy) is 1. The first kappa shape index (κ1) is 9.53. The van der Waals surface area contributed by atoms with Crippen LogP contribution in [0.4, 0.5) is 0 Å². The van der Waals surface area contributed by atoms with Gasteiger partial charge in [-0.05, 0) is 41.5 Å². The third-order valence-electron chi connectivity index (χ3n) is 2.19. The number of hydrogen-bond donors (Lipinski definition) is 0. The van der Waals surface area contributed by atoms with E-state index in [9.17, 15) is 0 Å². The zero-order chi connectivity index (χ0) is 9.80. The lowest BCUT2D eigenvalue weighted by Gasteiger charge is -2.04. The first-order valence-electron chi connectivity index (χ1n) is 5.00. The molecule has 0 aliphatic carbocycles.